The van der Waals surface area contributed by atoms with Crippen molar-refractivity contribution in [1.82, 2.24) is 15.5 Å². The van der Waals surface area contributed by atoms with Gasteiger partial charge in [0.25, 0.3) is 11.8 Å². The highest BCUT2D eigenvalue weighted by atomic mass is 19.4. The van der Waals surface area contributed by atoms with E-state index in [9.17, 15) is 18.0 Å². The maximum Gasteiger partial charge on any atom is 0.389 e. The molecule has 1 fully saturated rings. The van der Waals surface area contributed by atoms with Crippen LogP contribution in [-0.4, -0.2) is 28.8 Å². The fraction of sp³-hybridized carbons (Fsp3) is 0.550. The lowest BCUT2D eigenvalue weighted by Gasteiger charge is -2.27. The van der Waals surface area contributed by atoms with Gasteiger partial charge in [0.1, 0.15) is 0 Å². The summed E-state index contributed by atoms with van der Waals surface area (Å²) in [5.41, 5.74) is 1.31. The molecule has 0 saturated heterocycles. The lowest BCUT2D eigenvalue weighted by Crippen LogP contribution is -2.33. The maximum atomic E-state index is 12.4. The highest BCUT2D eigenvalue weighted by Crippen LogP contribution is 2.42. The molecule has 0 spiro atoms. The molecule has 0 radical (unpaired) electrons. The summed E-state index contributed by atoms with van der Waals surface area (Å²) >= 11 is 0. The quantitative estimate of drug-likeness (QED) is 0.764. The Kier molecular flexibility index (Phi) is 5.76. The van der Waals surface area contributed by atoms with Crippen LogP contribution in [0.2, 0.25) is 0 Å². The third-order valence-corrected chi connectivity index (χ3v) is 5.48. The van der Waals surface area contributed by atoms with Crippen molar-refractivity contribution < 1.29 is 22.5 Å². The smallest absolute Gasteiger partial charge is 0.352 e. The van der Waals surface area contributed by atoms with Crippen molar-refractivity contribution in [3.63, 3.8) is 0 Å². The van der Waals surface area contributed by atoms with E-state index < -0.39 is 12.6 Å². The van der Waals surface area contributed by atoms with Crippen LogP contribution in [0.3, 0.4) is 0 Å². The van der Waals surface area contributed by atoms with Gasteiger partial charge in [-0.25, -0.2) is 0 Å². The normalized spacial score (nSPS) is 19.0. The first-order valence-corrected chi connectivity index (χ1v) is 9.42. The molecular weight excluding hydrogens is 371 g/mol. The first kappa shape index (κ1) is 20.4. The highest BCUT2D eigenvalue weighted by Gasteiger charge is 2.34. The Morgan fingerprint density at radius 3 is 2.61 bits per heavy atom. The van der Waals surface area contributed by atoms with Gasteiger partial charge in [-0.3, -0.25) is 4.79 Å². The molecule has 5 nitrogen and oxygen atoms in total. The molecule has 1 saturated carbocycles. The number of benzene rings is 1. The first-order valence-electron chi connectivity index (χ1n) is 9.42. The Hall–Kier alpha value is -2.38. The first-order chi connectivity index (χ1) is 13.1. The van der Waals surface area contributed by atoms with Crippen LogP contribution in [0, 0.1) is 11.3 Å². The number of rotatable bonds is 6. The summed E-state index contributed by atoms with van der Waals surface area (Å²) in [5, 5.41) is 6.57. The third-order valence-electron chi connectivity index (χ3n) is 5.48. The van der Waals surface area contributed by atoms with Gasteiger partial charge in [-0.15, -0.1) is 0 Å². The van der Waals surface area contributed by atoms with Crippen LogP contribution in [0.1, 0.15) is 55.7 Å². The van der Waals surface area contributed by atoms with Crippen molar-refractivity contribution in [1.29, 1.82) is 0 Å². The largest absolute Gasteiger partial charge is 0.389 e. The van der Waals surface area contributed by atoms with Crippen LogP contribution in [0.4, 0.5) is 13.2 Å². The number of nitrogens with zero attached hydrogens (tertiary/aromatic N) is 2. The van der Waals surface area contributed by atoms with E-state index in [-0.39, 0.29) is 29.5 Å². The van der Waals surface area contributed by atoms with Crippen molar-refractivity contribution in [3.8, 4) is 11.5 Å². The maximum absolute atomic E-state index is 12.4. The molecule has 1 amide bonds. The number of carbonyl (C=O) groups is 1. The molecule has 0 bridgehead atoms. The predicted octanol–water partition coefficient (Wildman–Crippen LogP) is 4.79. The monoisotopic (exact) mass is 395 g/mol. The predicted molar refractivity (Wildman–Crippen MR) is 97.6 cm³/mol. The standard InChI is InChI=1S/C20H24F3N3O2/c1-19(2)10-3-4-15(19)12-24-17(27)13-5-7-14(8-6-13)18-25-16(26-28-18)9-11-20(21,22)23/h5-8,15H,3-4,9-12H2,1-2H3,(H,24,27)/t15-/m1/s1. The molecule has 28 heavy (non-hydrogen) atoms. The molecule has 1 aliphatic carbocycles. The van der Waals surface area contributed by atoms with Gasteiger partial charge in [0.2, 0.25) is 0 Å². The number of aryl methyl sites for hydroxylation is 1. The zero-order valence-electron chi connectivity index (χ0n) is 16.0. The molecule has 1 N–H and O–H groups in total. The van der Waals surface area contributed by atoms with E-state index in [0.29, 0.717) is 23.6 Å². The van der Waals surface area contributed by atoms with Gasteiger partial charge < -0.3 is 9.84 Å². The van der Waals surface area contributed by atoms with Gasteiger partial charge in [0.05, 0.1) is 6.42 Å². The number of alkyl halides is 3. The molecule has 3 rings (SSSR count). The number of nitrogens with one attached hydrogen (secondary N) is 1. The van der Waals surface area contributed by atoms with Crippen LogP contribution in [-0.2, 0) is 6.42 Å². The number of hydrogen-bond acceptors (Lipinski definition) is 4. The van der Waals surface area contributed by atoms with Gasteiger partial charge in [0, 0.05) is 24.1 Å². The van der Waals surface area contributed by atoms with Crippen molar-refractivity contribution in [2.45, 2.75) is 52.1 Å². The van der Waals surface area contributed by atoms with E-state index in [4.69, 9.17) is 4.52 Å². The number of amides is 1. The van der Waals surface area contributed by atoms with E-state index in [1.165, 1.54) is 12.8 Å². The van der Waals surface area contributed by atoms with Gasteiger partial charge in [-0.2, -0.15) is 18.2 Å². The fourth-order valence-corrected chi connectivity index (χ4v) is 3.59. The van der Waals surface area contributed by atoms with E-state index >= 15 is 0 Å². The summed E-state index contributed by atoms with van der Waals surface area (Å²) < 4.78 is 41.8. The van der Waals surface area contributed by atoms with E-state index in [2.05, 4.69) is 29.3 Å². The average molecular weight is 395 g/mol. The fourth-order valence-electron chi connectivity index (χ4n) is 3.59. The molecule has 0 unspecified atom stereocenters. The Balaban J connectivity index is 1.57. The van der Waals surface area contributed by atoms with Crippen LogP contribution in [0.25, 0.3) is 11.5 Å². The van der Waals surface area contributed by atoms with E-state index in [1.807, 2.05) is 0 Å². The SMILES string of the molecule is CC1(C)CCC[C@@H]1CNC(=O)c1ccc(-c2nc(CCC(F)(F)F)no2)cc1. The minimum absolute atomic E-state index is 0.00771. The Bertz CT molecular complexity index is 813. The topological polar surface area (TPSA) is 68.0 Å². The summed E-state index contributed by atoms with van der Waals surface area (Å²) in [6.07, 6.45) is -2.09. The number of aromatic nitrogens is 2. The summed E-state index contributed by atoms with van der Waals surface area (Å²) in [4.78, 5) is 16.4. The second-order valence-corrected chi connectivity index (χ2v) is 8.00. The van der Waals surface area contributed by atoms with E-state index in [0.717, 1.165) is 6.42 Å². The van der Waals surface area contributed by atoms with E-state index in [1.54, 1.807) is 24.3 Å². The van der Waals surface area contributed by atoms with Gasteiger partial charge in [0.15, 0.2) is 5.82 Å². The molecule has 2 aromatic rings. The lowest BCUT2D eigenvalue weighted by molar-refractivity contribution is -0.134. The molecule has 0 aliphatic heterocycles. The molecular formula is C20H24F3N3O2. The van der Waals surface area contributed by atoms with Crippen molar-refractivity contribution >= 4 is 5.91 Å². The van der Waals surface area contributed by atoms with Crippen molar-refractivity contribution in [2.75, 3.05) is 6.54 Å². The zero-order valence-corrected chi connectivity index (χ0v) is 16.0. The summed E-state index contributed by atoms with van der Waals surface area (Å²) in [6.45, 7) is 5.12. The van der Waals surface area contributed by atoms with Crippen LogP contribution in [0.5, 0.6) is 0 Å². The molecule has 152 valence electrons. The van der Waals surface area contributed by atoms with Crippen LogP contribution < -0.4 is 5.32 Å². The number of halogens is 3. The number of hydrogen-bond donors (Lipinski definition) is 1. The minimum Gasteiger partial charge on any atom is -0.352 e. The van der Waals surface area contributed by atoms with Gasteiger partial charge >= 0.3 is 6.18 Å². The van der Waals surface area contributed by atoms with Crippen LogP contribution >= 0.6 is 0 Å². The molecule has 1 aliphatic rings. The van der Waals surface area contributed by atoms with Crippen LogP contribution in [0.15, 0.2) is 28.8 Å². The third kappa shape index (κ3) is 5.11. The second-order valence-electron chi connectivity index (χ2n) is 8.00. The minimum atomic E-state index is -4.26. The zero-order chi connectivity index (χ0) is 20.4. The number of carbonyl (C=O) groups excluding carboxylic acids is 1. The molecule has 1 aromatic heterocycles. The Labute approximate surface area is 161 Å². The molecule has 1 heterocycles. The summed E-state index contributed by atoms with van der Waals surface area (Å²) in [5.74, 6) is 0.472. The van der Waals surface area contributed by atoms with Crippen molar-refractivity contribution in [2.24, 2.45) is 11.3 Å². The van der Waals surface area contributed by atoms with Gasteiger partial charge in [-0.1, -0.05) is 25.4 Å². The Morgan fingerprint density at radius 2 is 2.00 bits per heavy atom. The summed E-state index contributed by atoms with van der Waals surface area (Å²) in [7, 11) is 0. The lowest BCUT2D eigenvalue weighted by atomic mass is 9.82. The second kappa shape index (κ2) is 7.93. The molecule has 1 aromatic carbocycles. The molecule has 1 atom stereocenters. The average Bonchev–Trinajstić information content (AvgIpc) is 3.23. The van der Waals surface area contributed by atoms with Gasteiger partial charge in [-0.05, 0) is 48.4 Å². The summed E-state index contributed by atoms with van der Waals surface area (Å²) in [6, 6.07) is 6.58. The van der Waals surface area contributed by atoms with Crippen molar-refractivity contribution in [3.05, 3.63) is 35.7 Å². The highest BCUT2D eigenvalue weighted by molar-refractivity contribution is 5.94. The Morgan fingerprint density at radius 1 is 1.29 bits per heavy atom. The molecule has 8 heteroatoms.